The highest BCUT2D eigenvalue weighted by atomic mass is 79.9. The van der Waals surface area contributed by atoms with E-state index < -0.39 is 34.1 Å². The van der Waals surface area contributed by atoms with Gasteiger partial charge in [-0.1, -0.05) is 76.6 Å². The topological polar surface area (TPSA) is 96.0 Å². The molecule has 0 spiro atoms. The molecule has 0 bridgehead atoms. The van der Waals surface area contributed by atoms with Gasteiger partial charge >= 0.3 is 0 Å². The van der Waals surface area contributed by atoms with E-state index in [-0.39, 0.29) is 23.8 Å². The van der Waals surface area contributed by atoms with Gasteiger partial charge in [0.2, 0.25) is 11.8 Å². The Kier molecular flexibility index (Phi) is 11.6. The highest BCUT2D eigenvalue weighted by molar-refractivity contribution is 9.10. The van der Waals surface area contributed by atoms with Crippen molar-refractivity contribution in [2.75, 3.05) is 17.5 Å². The number of amides is 2. The van der Waals surface area contributed by atoms with Gasteiger partial charge in [-0.3, -0.25) is 13.9 Å². The molecular weight excluding hydrogens is 666 g/mol. The van der Waals surface area contributed by atoms with Crippen LogP contribution in [0.1, 0.15) is 38.8 Å². The predicted octanol–water partition coefficient (Wildman–Crippen LogP) is 6.60. The van der Waals surface area contributed by atoms with Gasteiger partial charge in [0, 0.05) is 23.0 Å². The number of nitrogens with zero attached hydrogens (tertiary/aromatic N) is 2. The van der Waals surface area contributed by atoms with Gasteiger partial charge in [-0.2, -0.15) is 0 Å². The van der Waals surface area contributed by atoms with Crippen molar-refractivity contribution < 1.29 is 22.7 Å². The second-order valence-corrected chi connectivity index (χ2v) is 14.6. The quantitative estimate of drug-likeness (QED) is 0.169. The van der Waals surface area contributed by atoms with E-state index in [1.165, 1.54) is 17.0 Å². The third-order valence-electron chi connectivity index (χ3n) is 7.06. The van der Waals surface area contributed by atoms with E-state index in [1.54, 1.807) is 42.5 Å². The van der Waals surface area contributed by atoms with E-state index in [4.69, 9.17) is 4.74 Å². The number of para-hydroxylation sites is 1. The second kappa shape index (κ2) is 15.4. The molecule has 0 aromatic heterocycles. The summed E-state index contributed by atoms with van der Waals surface area (Å²) in [5.74, 6) is -0.318. The van der Waals surface area contributed by atoms with Crippen molar-refractivity contribution in [2.24, 2.45) is 0 Å². The molecule has 46 heavy (non-hydrogen) atoms. The highest BCUT2D eigenvalue weighted by Crippen LogP contribution is 2.26. The number of carbonyl (C=O) groups excluding carboxylic acids is 2. The molecule has 8 nitrogen and oxygen atoms in total. The number of hydrogen-bond donors (Lipinski definition) is 1. The van der Waals surface area contributed by atoms with E-state index >= 15 is 0 Å². The Morgan fingerprint density at radius 2 is 1.46 bits per heavy atom. The molecule has 1 N–H and O–H groups in total. The van der Waals surface area contributed by atoms with Gasteiger partial charge in [0.1, 0.15) is 18.3 Å². The normalized spacial score (nSPS) is 12.2. The van der Waals surface area contributed by atoms with Gasteiger partial charge in [0.25, 0.3) is 10.0 Å². The maximum atomic E-state index is 14.5. The van der Waals surface area contributed by atoms with Crippen molar-refractivity contribution in [1.29, 1.82) is 0 Å². The number of hydrogen-bond acceptors (Lipinski definition) is 5. The molecule has 10 heteroatoms. The third kappa shape index (κ3) is 9.43. The molecule has 0 aliphatic carbocycles. The van der Waals surface area contributed by atoms with E-state index in [9.17, 15) is 18.0 Å². The van der Waals surface area contributed by atoms with Crippen LogP contribution in [-0.2, 0) is 32.6 Å². The van der Waals surface area contributed by atoms with Gasteiger partial charge in [-0.05, 0) is 87.4 Å². The number of sulfonamides is 1. The molecule has 1 atom stereocenters. The Morgan fingerprint density at radius 3 is 2.04 bits per heavy atom. The van der Waals surface area contributed by atoms with Gasteiger partial charge in [0.15, 0.2) is 0 Å². The van der Waals surface area contributed by atoms with Crippen molar-refractivity contribution in [2.45, 2.75) is 57.1 Å². The van der Waals surface area contributed by atoms with Crippen LogP contribution in [0.4, 0.5) is 5.69 Å². The number of carbonyl (C=O) groups is 2. The van der Waals surface area contributed by atoms with Crippen LogP contribution in [0.25, 0.3) is 0 Å². The minimum atomic E-state index is -4.21. The Balaban J connectivity index is 1.79. The van der Waals surface area contributed by atoms with Crippen molar-refractivity contribution in [1.82, 2.24) is 10.2 Å². The first kappa shape index (κ1) is 34.7. The van der Waals surface area contributed by atoms with Crippen LogP contribution in [0.2, 0.25) is 0 Å². The molecule has 4 aromatic rings. The second-order valence-electron chi connectivity index (χ2n) is 11.8. The summed E-state index contributed by atoms with van der Waals surface area (Å²) in [5, 5.41) is 3.04. The van der Waals surface area contributed by atoms with Gasteiger partial charge in [-0.25, -0.2) is 8.42 Å². The summed E-state index contributed by atoms with van der Waals surface area (Å²) in [6, 6.07) is 30.7. The molecule has 0 unspecified atom stereocenters. The van der Waals surface area contributed by atoms with Gasteiger partial charge in [0.05, 0.1) is 17.2 Å². The molecule has 0 saturated carbocycles. The van der Waals surface area contributed by atoms with Crippen molar-refractivity contribution in [3.05, 3.63) is 125 Å². The molecule has 0 aliphatic rings. The summed E-state index contributed by atoms with van der Waals surface area (Å²) in [5.41, 5.74) is 1.41. The van der Waals surface area contributed by atoms with E-state index in [1.807, 2.05) is 82.3 Å². The molecule has 4 rings (SSSR count). The fourth-order valence-corrected chi connectivity index (χ4v) is 6.82. The number of halogens is 1. The first-order valence-corrected chi connectivity index (χ1v) is 17.3. The summed E-state index contributed by atoms with van der Waals surface area (Å²) in [6.45, 7) is 7.49. The summed E-state index contributed by atoms with van der Waals surface area (Å²) >= 11 is 3.51. The first-order chi connectivity index (χ1) is 21.9. The third-order valence-corrected chi connectivity index (χ3v) is 9.34. The van der Waals surface area contributed by atoms with Crippen LogP contribution in [0.3, 0.4) is 0 Å². The molecule has 0 heterocycles. The molecule has 2 amide bonds. The fraction of sp³-hybridized carbons (Fsp3) is 0.278. The summed E-state index contributed by atoms with van der Waals surface area (Å²) in [6.07, 6.45) is 0.236. The number of nitrogens with one attached hydrogen (secondary N) is 1. The minimum Gasteiger partial charge on any atom is -0.494 e. The average Bonchev–Trinajstić information content (AvgIpc) is 3.02. The lowest BCUT2D eigenvalue weighted by molar-refractivity contribution is -0.140. The van der Waals surface area contributed by atoms with E-state index in [2.05, 4.69) is 21.2 Å². The van der Waals surface area contributed by atoms with Crippen LogP contribution < -0.4 is 14.4 Å². The van der Waals surface area contributed by atoms with Gasteiger partial charge < -0.3 is 15.0 Å². The number of rotatable bonds is 13. The Bertz CT molecular complexity index is 1710. The monoisotopic (exact) mass is 705 g/mol. The van der Waals surface area contributed by atoms with Crippen LogP contribution >= 0.6 is 15.9 Å². The molecule has 242 valence electrons. The smallest absolute Gasteiger partial charge is 0.264 e. The minimum absolute atomic E-state index is 0.0115. The number of ether oxygens (including phenoxy) is 1. The van der Waals surface area contributed by atoms with Gasteiger partial charge in [-0.15, -0.1) is 0 Å². The number of benzene rings is 4. The molecule has 0 aliphatic heterocycles. The van der Waals surface area contributed by atoms with Crippen molar-refractivity contribution >= 4 is 43.5 Å². The average molecular weight is 707 g/mol. The Morgan fingerprint density at radius 1 is 0.848 bits per heavy atom. The summed E-state index contributed by atoms with van der Waals surface area (Å²) in [4.78, 5) is 30.0. The zero-order valence-electron chi connectivity index (χ0n) is 26.5. The summed E-state index contributed by atoms with van der Waals surface area (Å²) in [7, 11) is -4.21. The lowest BCUT2D eigenvalue weighted by Gasteiger charge is -2.35. The lowest BCUT2D eigenvalue weighted by atomic mass is 10.0. The van der Waals surface area contributed by atoms with Crippen LogP contribution in [0, 0.1) is 0 Å². The SMILES string of the molecule is CCOc1ccc(S(=O)(=O)N(CC(=O)N(Cc2cccc(Br)c2)[C@@H](Cc2ccccc2)C(=O)NC(C)(C)C)c2ccccc2)cc1. The molecular formula is C36H40BrN3O5S. The van der Waals surface area contributed by atoms with E-state index in [0.717, 1.165) is 19.9 Å². The number of anilines is 1. The van der Waals surface area contributed by atoms with Crippen LogP contribution in [0.5, 0.6) is 5.75 Å². The van der Waals surface area contributed by atoms with Crippen molar-refractivity contribution in [3.63, 3.8) is 0 Å². The lowest BCUT2D eigenvalue weighted by Crippen LogP contribution is -2.56. The van der Waals surface area contributed by atoms with E-state index in [0.29, 0.717) is 18.0 Å². The molecule has 0 fully saturated rings. The first-order valence-electron chi connectivity index (χ1n) is 15.1. The predicted molar refractivity (Wildman–Crippen MR) is 185 cm³/mol. The highest BCUT2D eigenvalue weighted by Gasteiger charge is 2.35. The largest absolute Gasteiger partial charge is 0.494 e. The molecule has 4 aromatic carbocycles. The zero-order valence-corrected chi connectivity index (χ0v) is 28.9. The fourth-order valence-electron chi connectivity index (χ4n) is 4.96. The maximum absolute atomic E-state index is 14.5. The Labute approximate surface area is 280 Å². The Hall–Kier alpha value is -4.15. The summed E-state index contributed by atoms with van der Waals surface area (Å²) < 4.78 is 35.8. The van der Waals surface area contributed by atoms with Crippen molar-refractivity contribution in [3.8, 4) is 5.75 Å². The zero-order chi connectivity index (χ0) is 33.3. The molecule has 0 saturated heterocycles. The molecule has 0 radical (unpaired) electrons. The maximum Gasteiger partial charge on any atom is 0.264 e. The van der Waals surface area contributed by atoms with Crippen LogP contribution in [0.15, 0.2) is 119 Å². The standard InChI is InChI=1S/C36H40BrN3O5S/c1-5-45-31-19-21-32(22-20-31)46(43,44)40(30-17-10-7-11-18-30)26-34(41)39(25-28-15-12-16-29(37)23-28)33(35(42)38-36(2,3)4)24-27-13-8-6-9-14-27/h6-23,33H,5,24-26H2,1-4H3,(H,38,42)/t33-/m0/s1. The van der Waals surface area contributed by atoms with Crippen LogP contribution in [-0.4, -0.2) is 49.9 Å².